The van der Waals surface area contributed by atoms with Gasteiger partial charge in [-0.1, -0.05) is 27.2 Å². The zero-order valence-electron chi connectivity index (χ0n) is 14.1. The molecule has 0 unspecified atom stereocenters. The molecule has 0 saturated heterocycles. The number of pyridine rings is 1. The standard InChI is InChI=1S/C18H26N2O3/c1-4-5-8-23-17-15-9-13(21)6-7-14(15)18(22)20(11-12(2)3)16(17)10-19/h6-7,9,12,21H,4-5,8,10-11,19H2,1-3H3. The van der Waals surface area contributed by atoms with Crippen LogP contribution in [0.5, 0.6) is 11.5 Å². The van der Waals surface area contributed by atoms with Crippen LogP contribution < -0.4 is 16.0 Å². The van der Waals surface area contributed by atoms with Crippen LogP contribution in [0.3, 0.4) is 0 Å². The average Bonchev–Trinajstić information content (AvgIpc) is 2.51. The summed E-state index contributed by atoms with van der Waals surface area (Å²) in [5, 5.41) is 11.0. The lowest BCUT2D eigenvalue weighted by Gasteiger charge is -2.20. The molecule has 3 N–H and O–H groups in total. The summed E-state index contributed by atoms with van der Waals surface area (Å²) in [5.74, 6) is 1.05. The van der Waals surface area contributed by atoms with Gasteiger partial charge < -0.3 is 20.1 Å². The lowest BCUT2D eigenvalue weighted by atomic mass is 10.1. The number of aromatic hydroxyl groups is 1. The Morgan fingerprint density at radius 3 is 2.65 bits per heavy atom. The molecule has 2 rings (SSSR count). The number of aromatic nitrogens is 1. The Kier molecular flexibility index (Phi) is 5.66. The van der Waals surface area contributed by atoms with Gasteiger partial charge in [0, 0.05) is 18.5 Å². The monoisotopic (exact) mass is 318 g/mol. The number of phenolic OH excluding ortho intramolecular Hbond substituents is 1. The molecule has 23 heavy (non-hydrogen) atoms. The van der Waals surface area contributed by atoms with Gasteiger partial charge in [-0.05, 0) is 30.5 Å². The first-order valence-electron chi connectivity index (χ1n) is 8.20. The van der Waals surface area contributed by atoms with Crippen molar-refractivity contribution in [1.82, 2.24) is 4.57 Å². The highest BCUT2D eigenvalue weighted by molar-refractivity contribution is 5.89. The molecule has 5 nitrogen and oxygen atoms in total. The Labute approximate surface area is 136 Å². The summed E-state index contributed by atoms with van der Waals surface area (Å²) in [5.41, 5.74) is 6.53. The minimum absolute atomic E-state index is 0.0861. The van der Waals surface area contributed by atoms with Crippen molar-refractivity contribution < 1.29 is 9.84 Å². The van der Waals surface area contributed by atoms with E-state index in [1.54, 1.807) is 16.7 Å². The van der Waals surface area contributed by atoms with Crippen LogP contribution in [0.1, 0.15) is 39.3 Å². The highest BCUT2D eigenvalue weighted by Crippen LogP contribution is 2.31. The Morgan fingerprint density at radius 1 is 1.30 bits per heavy atom. The molecule has 0 saturated carbocycles. The number of rotatable bonds is 7. The van der Waals surface area contributed by atoms with Gasteiger partial charge in [0.2, 0.25) is 0 Å². The largest absolute Gasteiger partial charge is 0.508 e. The zero-order valence-corrected chi connectivity index (χ0v) is 14.1. The number of phenols is 1. The molecular formula is C18H26N2O3. The smallest absolute Gasteiger partial charge is 0.258 e. The number of nitrogens with two attached hydrogens (primary N) is 1. The Bertz CT molecular complexity index is 735. The van der Waals surface area contributed by atoms with Crippen molar-refractivity contribution in [3.8, 4) is 11.5 Å². The molecule has 0 aliphatic carbocycles. The first-order chi connectivity index (χ1) is 11.0. The molecule has 0 spiro atoms. The molecule has 0 fully saturated rings. The number of fused-ring (bicyclic) bond motifs is 1. The quantitative estimate of drug-likeness (QED) is 0.769. The summed E-state index contributed by atoms with van der Waals surface area (Å²) in [6.45, 7) is 7.59. The average molecular weight is 318 g/mol. The maximum Gasteiger partial charge on any atom is 0.258 e. The molecule has 0 amide bonds. The second-order valence-corrected chi connectivity index (χ2v) is 6.22. The molecule has 0 radical (unpaired) electrons. The molecule has 126 valence electrons. The van der Waals surface area contributed by atoms with Gasteiger partial charge >= 0.3 is 0 Å². The van der Waals surface area contributed by atoms with E-state index in [0.29, 0.717) is 41.3 Å². The van der Waals surface area contributed by atoms with Crippen LogP contribution in [0, 0.1) is 5.92 Å². The van der Waals surface area contributed by atoms with Gasteiger partial charge in [0.05, 0.1) is 17.7 Å². The molecule has 2 aromatic rings. The van der Waals surface area contributed by atoms with Crippen LogP contribution in [-0.4, -0.2) is 16.3 Å². The SMILES string of the molecule is CCCCOc1c(CN)n(CC(C)C)c(=O)c2ccc(O)cc12. The second-order valence-electron chi connectivity index (χ2n) is 6.22. The highest BCUT2D eigenvalue weighted by atomic mass is 16.5. The molecule has 0 bridgehead atoms. The topological polar surface area (TPSA) is 77.5 Å². The van der Waals surface area contributed by atoms with E-state index in [0.717, 1.165) is 12.8 Å². The van der Waals surface area contributed by atoms with Crippen LogP contribution in [0.2, 0.25) is 0 Å². The predicted molar refractivity (Wildman–Crippen MR) is 93.0 cm³/mol. The van der Waals surface area contributed by atoms with Crippen LogP contribution in [0.4, 0.5) is 0 Å². The van der Waals surface area contributed by atoms with Crippen molar-refractivity contribution in [3.63, 3.8) is 0 Å². The maximum absolute atomic E-state index is 12.8. The Morgan fingerprint density at radius 2 is 2.04 bits per heavy atom. The van der Waals surface area contributed by atoms with Crippen LogP contribution in [0.25, 0.3) is 10.8 Å². The molecule has 5 heteroatoms. The van der Waals surface area contributed by atoms with Crippen LogP contribution in [0.15, 0.2) is 23.0 Å². The molecular weight excluding hydrogens is 292 g/mol. The Balaban J connectivity index is 2.72. The fraction of sp³-hybridized carbons (Fsp3) is 0.500. The minimum Gasteiger partial charge on any atom is -0.508 e. The number of benzene rings is 1. The number of nitrogens with zero attached hydrogens (tertiary/aromatic N) is 1. The normalized spacial score (nSPS) is 11.3. The fourth-order valence-electron chi connectivity index (χ4n) is 2.69. The van der Waals surface area contributed by atoms with Crippen molar-refractivity contribution in [2.75, 3.05) is 6.61 Å². The van der Waals surface area contributed by atoms with Crippen LogP contribution >= 0.6 is 0 Å². The van der Waals surface area contributed by atoms with E-state index in [1.165, 1.54) is 6.07 Å². The van der Waals surface area contributed by atoms with Crippen molar-refractivity contribution in [2.24, 2.45) is 11.7 Å². The van der Waals surface area contributed by atoms with E-state index in [1.807, 2.05) is 0 Å². The summed E-state index contributed by atoms with van der Waals surface area (Å²) < 4.78 is 7.68. The van der Waals surface area contributed by atoms with E-state index < -0.39 is 0 Å². The molecule has 1 aromatic heterocycles. The number of hydrogen-bond acceptors (Lipinski definition) is 4. The minimum atomic E-state index is -0.0861. The molecule has 0 aliphatic heterocycles. The van der Waals surface area contributed by atoms with Gasteiger partial charge in [-0.15, -0.1) is 0 Å². The van der Waals surface area contributed by atoms with E-state index in [-0.39, 0.29) is 17.9 Å². The molecule has 0 aliphatic rings. The lowest BCUT2D eigenvalue weighted by molar-refractivity contribution is 0.304. The van der Waals surface area contributed by atoms with Crippen molar-refractivity contribution >= 4 is 10.8 Å². The zero-order chi connectivity index (χ0) is 17.0. The van der Waals surface area contributed by atoms with Gasteiger partial charge in [-0.3, -0.25) is 4.79 Å². The van der Waals surface area contributed by atoms with Gasteiger partial charge in [-0.2, -0.15) is 0 Å². The van der Waals surface area contributed by atoms with Gasteiger partial charge in [0.25, 0.3) is 5.56 Å². The number of hydrogen-bond donors (Lipinski definition) is 2. The first-order valence-corrected chi connectivity index (χ1v) is 8.20. The van der Waals surface area contributed by atoms with E-state index in [2.05, 4.69) is 20.8 Å². The predicted octanol–water partition coefficient (Wildman–Crippen LogP) is 3.00. The number of ether oxygens (including phenoxy) is 1. The Hall–Kier alpha value is -2.01. The van der Waals surface area contributed by atoms with Gasteiger partial charge in [-0.25, -0.2) is 0 Å². The number of unbranched alkanes of at least 4 members (excludes halogenated alkanes) is 1. The third-order valence-electron chi connectivity index (χ3n) is 3.80. The van der Waals surface area contributed by atoms with Crippen molar-refractivity contribution in [1.29, 1.82) is 0 Å². The van der Waals surface area contributed by atoms with E-state index in [9.17, 15) is 9.90 Å². The maximum atomic E-state index is 12.8. The lowest BCUT2D eigenvalue weighted by Crippen LogP contribution is -2.28. The summed E-state index contributed by atoms with van der Waals surface area (Å²) in [7, 11) is 0. The summed E-state index contributed by atoms with van der Waals surface area (Å²) in [6, 6.07) is 4.76. The van der Waals surface area contributed by atoms with E-state index in [4.69, 9.17) is 10.5 Å². The third kappa shape index (κ3) is 3.67. The van der Waals surface area contributed by atoms with Gasteiger partial charge in [0.15, 0.2) is 0 Å². The van der Waals surface area contributed by atoms with Gasteiger partial charge in [0.1, 0.15) is 11.5 Å². The second kappa shape index (κ2) is 7.51. The highest BCUT2D eigenvalue weighted by Gasteiger charge is 2.18. The summed E-state index contributed by atoms with van der Waals surface area (Å²) >= 11 is 0. The fourth-order valence-corrected chi connectivity index (χ4v) is 2.69. The van der Waals surface area contributed by atoms with Crippen molar-refractivity contribution in [2.45, 2.75) is 46.7 Å². The molecule has 0 atom stereocenters. The summed E-state index contributed by atoms with van der Waals surface area (Å²) in [4.78, 5) is 12.8. The van der Waals surface area contributed by atoms with E-state index >= 15 is 0 Å². The molecule has 1 heterocycles. The van der Waals surface area contributed by atoms with Crippen LogP contribution in [-0.2, 0) is 13.1 Å². The first kappa shape index (κ1) is 17.3. The molecule has 1 aromatic carbocycles. The third-order valence-corrected chi connectivity index (χ3v) is 3.80. The summed E-state index contributed by atoms with van der Waals surface area (Å²) in [6.07, 6.45) is 1.94. The van der Waals surface area contributed by atoms with Crippen molar-refractivity contribution in [3.05, 3.63) is 34.2 Å².